The zero-order valence-electron chi connectivity index (χ0n) is 8.80. The van der Waals surface area contributed by atoms with Crippen LogP contribution in [0.2, 0.25) is 0 Å². The number of carboxylic acids is 1. The fourth-order valence-corrected chi connectivity index (χ4v) is 1.58. The van der Waals surface area contributed by atoms with Gasteiger partial charge in [0.25, 0.3) is 0 Å². The van der Waals surface area contributed by atoms with Gasteiger partial charge in [-0.3, -0.25) is 14.6 Å². The average molecular weight is 220 g/mol. The maximum atomic E-state index is 11.6. The van der Waals surface area contributed by atoms with E-state index in [0.29, 0.717) is 12.1 Å². The predicted molar refractivity (Wildman–Crippen MR) is 56.8 cm³/mol. The molecule has 2 unspecified atom stereocenters. The first-order valence-corrected chi connectivity index (χ1v) is 5.04. The first-order chi connectivity index (χ1) is 7.59. The van der Waals surface area contributed by atoms with Crippen molar-refractivity contribution in [3.8, 4) is 0 Å². The van der Waals surface area contributed by atoms with Crippen molar-refractivity contribution in [2.24, 2.45) is 11.8 Å². The van der Waals surface area contributed by atoms with Gasteiger partial charge in [-0.15, -0.1) is 0 Å². The molecule has 0 saturated heterocycles. The molecule has 1 aromatic rings. The molecule has 5 heteroatoms. The number of nitrogens with one attached hydrogen (secondary N) is 1. The van der Waals surface area contributed by atoms with Crippen LogP contribution in [0.25, 0.3) is 0 Å². The number of aromatic nitrogens is 1. The molecule has 2 N–H and O–H groups in total. The minimum atomic E-state index is -0.900. The first kappa shape index (κ1) is 10.6. The third-order valence-corrected chi connectivity index (χ3v) is 2.74. The summed E-state index contributed by atoms with van der Waals surface area (Å²) in [7, 11) is 0. The summed E-state index contributed by atoms with van der Waals surface area (Å²) < 4.78 is 0. The molecule has 16 heavy (non-hydrogen) atoms. The molecular formula is C11H12N2O3. The number of aryl methyl sites for hydroxylation is 1. The fourth-order valence-electron chi connectivity index (χ4n) is 1.58. The van der Waals surface area contributed by atoms with E-state index in [0.717, 1.165) is 5.56 Å². The van der Waals surface area contributed by atoms with E-state index >= 15 is 0 Å². The topological polar surface area (TPSA) is 79.3 Å². The molecule has 1 fully saturated rings. The summed E-state index contributed by atoms with van der Waals surface area (Å²) in [4.78, 5) is 26.1. The number of aliphatic carboxylic acids is 1. The van der Waals surface area contributed by atoms with Crippen LogP contribution >= 0.6 is 0 Å². The van der Waals surface area contributed by atoms with Crippen LogP contribution in [0.15, 0.2) is 18.5 Å². The van der Waals surface area contributed by atoms with E-state index in [2.05, 4.69) is 10.3 Å². The summed E-state index contributed by atoms with van der Waals surface area (Å²) in [6, 6.07) is 1.79. The lowest BCUT2D eigenvalue weighted by atomic mass is 10.2. The molecule has 5 nitrogen and oxygen atoms in total. The van der Waals surface area contributed by atoms with Gasteiger partial charge in [0.2, 0.25) is 5.91 Å². The van der Waals surface area contributed by atoms with Gasteiger partial charge in [-0.25, -0.2) is 0 Å². The van der Waals surface area contributed by atoms with Crippen LogP contribution in [0.5, 0.6) is 0 Å². The third-order valence-electron chi connectivity index (χ3n) is 2.74. The molecule has 0 spiro atoms. The summed E-state index contributed by atoms with van der Waals surface area (Å²) in [6.07, 6.45) is 3.63. The standard InChI is InChI=1S/C11H12N2O3/c1-6-2-3-12-5-9(6)13-10(14)7-4-8(7)11(15)16/h2-3,5,7-8H,4H2,1H3,(H,13,14)(H,15,16). The summed E-state index contributed by atoms with van der Waals surface area (Å²) in [5.74, 6) is -2.04. The number of hydrogen-bond acceptors (Lipinski definition) is 3. The predicted octanol–water partition coefficient (Wildman–Crippen LogP) is 1.05. The first-order valence-electron chi connectivity index (χ1n) is 5.04. The van der Waals surface area contributed by atoms with E-state index < -0.39 is 17.8 Å². The van der Waals surface area contributed by atoms with E-state index in [1.54, 1.807) is 18.5 Å². The second kappa shape index (κ2) is 3.92. The Morgan fingerprint density at radius 3 is 2.81 bits per heavy atom. The number of rotatable bonds is 3. The Kier molecular flexibility index (Phi) is 2.60. The minimum Gasteiger partial charge on any atom is -0.481 e. The molecule has 2 rings (SSSR count). The van der Waals surface area contributed by atoms with Crippen molar-refractivity contribution < 1.29 is 14.7 Å². The van der Waals surface area contributed by atoms with Gasteiger partial charge < -0.3 is 10.4 Å². The Labute approximate surface area is 92.5 Å². The van der Waals surface area contributed by atoms with Crippen molar-refractivity contribution in [1.82, 2.24) is 4.98 Å². The van der Waals surface area contributed by atoms with Crippen LogP contribution in [0.3, 0.4) is 0 Å². The quantitative estimate of drug-likeness (QED) is 0.797. The van der Waals surface area contributed by atoms with Crippen LogP contribution < -0.4 is 5.32 Å². The van der Waals surface area contributed by atoms with E-state index in [1.165, 1.54) is 0 Å². The number of amides is 1. The monoisotopic (exact) mass is 220 g/mol. The Bertz CT molecular complexity index is 445. The molecule has 1 amide bonds. The molecule has 1 aliphatic carbocycles. The average Bonchev–Trinajstić information content (AvgIpc) is 3.01. The minimum absolute atomic E-state index is 0.233. The lowest BCUT2D eigenvalue weighted by molar-refractivity contribution is -0.139. The Morgan fingerprint density at radius 1 is 1.50 bits per heavy atom. The van der Waals surface area contributed by atoms with Crippen LogP contribution in [0.1, 0.15) is 12.0 Å². The maximum absolute atomic E-state index is 11.6. The van der Waals surface area contributed by atoms with Crippen molar-refractivity contribution in [3.63, 3.8) is 0 Å². The molecule has 0 aromatic carbocycles. The van der Waals surface area contributed by atoms with Crippen LogP contribution in [-0.4, -0.2) is 22.0 Å². The second-order valence-corrected chi connectivity index (χ2v) is 3.97. The fraction of sp³-hybridized carbons (Fsp3) is 0.364. The van der Waals surface area contributed by atoms with Gasteiger partial charge in [-0.05, 0) is 25.0 Å². The van der Waals surface area contributed by atoms with Crippen molar-refractivity contribution in [2.75, 3.05) is 5.32 Å². The Morgan fingerprint density at radius 2 is 2.25 bits per heavy atom. The second-order valence-electron chi connectivity index (χ2n) is 3.97. The number of anilines is 1. The number of carbonyl (C=O) groups excluding carboxylic acids is 1. The van der Waals surface area contributed by atoms with Crippen LogP contribution in [0.4, 0.5) is 5.69 Å². The summed E-state index contributed by atoms with van der Waals surface area (Å²) in [5, 5.41) is 11.4. The van der Waals surface area contributed by atoms with Gasteiger partial charge in [0, 0.05) is 6.20 Å². The molecule has 1 aromatic heterocycles. The number of hydrogen-bond donors (Lipinski definition) is 2. The molecule has 1 saturated carbocycles. The molecule has 1 heterocycles. The van der Waals surface area contributed by atoms with E-state index in [4.69, 9.17) is 5.11 Å². The largest absolute Gasteiger partial charge is 0.481 e. The van der Waals surface area contributed by atoms with Crippen LogP contribution in [0, 0.1) is 18.8 Å². The number of pyridine rings is 1. The molecular weight excluding hydrogens is 208 g/mol. The van der Waals surface area contributed by atoms with Crippen molar-refractivity contribution >= 4 is 17.6 Å². The molecule has 84 valence electrons. The van der Waals surface area contributed by atoms with Crippen molar-refractivity contribution in [3.05, 3.63) is 24.0 Å². The van der Waals surface area contributed by atoms with Gasteiger partial charge in [-0.1, -0.05) is 0 Å². The normalized spacial score (nSPS) is 22.6. The third kappa shape index (κ3) is 2.03. The summed E-state index contributed by atoms with van der Waals surface area (Å²) in [6.45, 7) is 1.86. The van der Waals surface area contributed by atoms with Gasteiger partial charge in [0.1, 0.15) is 0 Å². The van der Waals surface area contributed by atoms with Gasteiger partial charge in [0.15, 0.2) is 0 Å². The Hall–Kier alpha value is -1.91. The van der Waals surface area contributed by atoms with Crippen molar-refractivity contribution in [2.45, 2.75) is 13.3 Å². The molecule has 0 aliphatic heterocycles. The van der Waals surface area contributed by atoms with Gasteiger partial charge in [-0.2, -0.15) is 0 Å². The highest BCUT2D eigenvalue weighted by Gasteiger charge is 2.48. The van der Waals surface area contributed by atoms with Gasteiger partial charge >= 0.3 is 5.97 Å². The Balaban J connectivity index is 1.99. The number of carboxylic acid groups (broad SMARTS) is 1. The van der Waals surface area contributed by atoms with Crippen LogP contribution in [-0.2, 0) is 9.59 Å². The smallest absolute Gasteiger partial charge is 0.307 e. The number of carbonyl (C=O) groups is 2. The maximum Gasteiger partial charge on any atom is 0.307 e. The lowest BCUT2D eigenvalue weighted by Gasteiger charge is -2.06. The highest BCUT2D eigenvalue weighted by atomic mass is 16.4. The molecule has 1 aliphatic rings. The zero-order chi connectivity index (χ0) is 11.7. The van der Waals surface area contributed by atoms with Gasteiger partial charge in [0.05, 0.1) is 23.7 Å². The molecule has 0 bridgehead atoms. The lowest BCUT2D eigenvalue weighted by Crippen LogP contribution is -2.17. The van der Waals surface area contributed by atoms with E-state index in [-0.39, 0.29) is 5.91 Å². The highest BCUT2D eigenvalue weighted by Crippen LogP contribution is 2.39. The summed E-state index contributed by atoms with van der Waals surface area (Å²) >= 11 is 0. The highest BCUT2D eigenvalue weighted by molar-refractivity contribution is 5.98. The number of nitrogens with zero attached hydrogens (tertiary/aromatic N) is 1. The molecule has 2 atom stereocenters. The zero-order valence-corrected chi connectivity index (χ0v) is 8.80. The van der Waals surface area contributed by atoms with E-state index in [1.807, 2.05) is 6.92 Å². The van der Waals surface area contributed by atoms with Crippen molar-refractivity contribution in [1.29, 1.82) is 0 Å². The SMILES string of the molecule is Cc1ccncc1NC(=O)C1CC1C(=O)O. The summed E-state index contributed by atoms with van der Waals surface area (Å²) in [5.41, 5.74) is 1.56. The molecule has 0 radical (unpaired) electrons. The van der Waals surface area contributed by atoms with E-state index in [9.17, 15) is 9.59 Å².